The lowest BCUT2D eigenvalue weighted by atomic mass is 9.64. The molecule has 1 aromatic rings. The van der Waals surface area contributed by atoms with Gasteiger partial charge in [0.15, 0.2) is 0 Å². The Bertz CT molecular complexity index is 434. The zero-order chi connectivity index (χ0) is 13.3. The van der Waals surface area contributed by atoms with Gasteiger partial charge in [-0.1, -0.05) is 13.8 Å². The zero-order valence-electron chi connectivity index (χ0n) is 11.3. The summed E-state index contributed by atoms with van der Waals surface area (Å²) in [5.74, 6) is 6.88. The molecule has 6 heteroatoms. The maximum absolute atomic E-state index is 5.44. The van der Waals surface area contributed by atoms with Gasteiger partial charge in [0.25, 0.3) is 0 Å². The number of ether oxygens (including phenoxy) is 1. The lowest BCUT2D eigenvalue weighted by Crippen LogP contribution is -2.57. The largest absolute Gasteiger partial charge is 0.381 e. The van der Waals surface area contributed by atoms with Crippen LogP contribution in [0.4, 0.5) is 11.6 Å². The molecule has 0 amide bonds. The normalized spacial score (nSPS) is 25.4. The Morgan fingerprint density at radius 3 is 2.61 bits per heavy atom. The van der Waals surface area contributed by atoms with Crippen LogP contribution in [0.25, 0.3) is 0 Å². The number of hydrogen-bond acceptors (Lipinski definition) is 6. The first-order valence-electron chi connectivity index (χ1n) is 6.08. The van der Waals surface area contributed by atoms with Crippen molar-refractivity contribution >= 4 is 11.6 Å². The molecule has 0 aromatic carbocycles. The predicted octanol–water partition coefficient (Wildman–Crippen LogP) is 1.30. The first-order chi connectivity index (χ1) is 8.50. The van der Waals surface area contributed by atoms with Crippen LogP contribution in [0.1, 0.15) is 25.8 Å². The first kappa shape index (κ1) is 13.0. The van der Waals surface area contributed by atoms with Crippen LogP contribution >= 0.6 is 0 Å². The molecule has 1 aliphatic carbocycles. The van der Waals surface area contributed by atoms with Crippen molar-refractivity contribution in [2.45, 2.75) is 39.3 Å². The fraction of sp³-hybridized carbons (Fsp3) is 0.667. The third-order valence-electron chi connectivity index (χ3n) is 3.99. The molecule has 0 radical (unpaired) electrons. The molecular weight excluding hydrogens is 230 g/mol. The van der Waals surface area contributed by atoms with Crippen molar-refractivity contribution in [2.24, 2.45) is 11.3 Å². The van der Waals surface area contributed by atoms with E-state index in [4.69, 9.17) is 10.6 Å². The number of nitrogens with two attached hydrogens (primary N) is 1. The molecule has 2 rings (SSSR count). The van der Waals surface area contributed by atoms with E-state index in [-0.39, 0.29) is 5.41 Å². The minimum Gasteiger partial charge on any atom is -0.381 e. The Morgan fingerprint density at radius 1 is 1.39 bits per heavy atom. The summed E-state index contributed by atoms with van der Waals surface area (Å²) < 4.78 is 5.44. The molecule has 4 N–H and O–H groups in total. The Kier molecular flexibility index (Phi) is 3.41. The van der Waals surface area contributed by atoms with Gasteiger partial charge in [0.2, 0.25) is 0 Å². The van der Waals surface area contributed by atoms with Gasteiger partial charge in [0.05, 0.1) is 6.10 Å². The number of nitrogens with zero attached hydrogens (tertiary/aromatic N) is 2. The molecule has 1 heterocycles. The monoisotopic (exact) mass is 251 g/mol. The molecule has 1 aromatic heterocycles. The Morgan fingerprint density at radius 2 is 2.06 bits per heavy atom. The number of aromatic nitrogens is 2. The second-order valence-electron chi connectivity index (χ2n) is 5.32. The van der Waals surface area contributed by atoms with E-state index in [0.717, 1.165) is 17.8 Å². The van der Waals surface area contributed by atoms with Crippen molar-refractivity contribution < 1.29 is 4.74 Å². The third kappa shape index (κ3) is 2.02. The summed E-state index contributed by atoms with van der Waals surface area (Å²) in [7, 11) is 1.76. The minimum absolute atomic E-state index is 0.0996. The van der Waals surface area contributed by atoms with Crippen LogP contribution in [0.2, 0.25) is 0 Å². The van der Waals surface area contributed by atoms with Crippen molar-refractivity contribution in [3.8, 4) is 0 Å². The van der Waals surface area contributed by atoms with Gasteiger partial charge in [-0.05, 0) is 13.3 Å². The van der Waals surface area contributed by atoms with Gasteiger partial charge < -0.3 is 15.5 Å². The molecule has 100 valence electrons. The standard InChI is InChI=1S/C12H21N5O/c1-7-10(14-6-15-11(7)17-13)16-8-5-9(18-4)12(8,2)3/h6,8-9H,5,13H2,1-4H3,(H2,14,15,16,17). The maximum atomic E-state index is 5.44. The summed E-state index contributed by atoms with van der Waals surface area (Å²) in [5, 5.41) is 3.45. The average Bonchev–Trinajstić information content (AvgIpc) is 2.35. The van der Waals surface area contributed by atoms with E-state index < -0.39 is 0 Å². The van der Waals surface area contributed by atoms with Gasteiger partial charge in [0, 0.05) is 24.1 Å². The molecule has 1 saturated carbocycles. The number of methoxy groups -OCH3 is 1. The van der Waals surface area contributed by atoms with Crippen LogP contribution in [0.3, 0.4) is 0 Å². The lowest BCUT2D eigenvalue weighted by Gasteiger charge is -2.51. The predicted molar refractivity (Wildman–Crippen MR) is 71.2 cm³/mol. The van der Waals surface area contributed by atoms with E-state index in [2.05, 4.69) is 34.6 Å². The van der Waals surface area contributed by atoms with Crippen LogP contribution < -0.4 is 16.6 Å². The molecule has 1 fully saturated rings. The highest BCUT2D eigenvalue weighted by molar-refractivity contribution is 5.56. The summed E-state index contributed by atoms with van der Waals surface area (Å²) in [6.45, 7) is 6.33. The number of rotatable bonds is 4. The molecule has 1 aliphatic rings. The molecule has 0 saturated heterocycles. The second kappa shape index (κ2) is 4.70. The highest BCUT2D eigenvalue weighted by Crippen LogP contribution is 2.44. The Hall–Kier alpha value is -1.40. The van der Waals surface area contributed by atoms with Gasteiger partial charge >= 0.3 is 0 Å². The molecule has 2 atom stereocenters. The Balaban J connectivity index is 2.12. The smallest absolute Gasteiger partial charge is 0.148 e. The quantitative estimate of drug-likeness (QED) is 0.552. The lowest BCUT2D eigenvalue weighted by molar-refractivity contribution is -0.0795. The number of nitrogen functional groups attached to an aromatic ring is 1. The van der Waals surface area contributed by atoms with Crippen LogP contribution in [0.15, 0.2) is 6.33 Å². The van der Waals surface area contributed by atoms with Crippen molar-refractivity contribution in [1.29, 1.82) is 0 Å². The molecule has 18 heavy (non-hydrogen) atoms. The van der Waals surface area contributed by atoms with E-state index in [1.54, 1.807) is 7.11 Å². The van der Waals surface area contributed by atoms with Crippen molar-refractivity contribution in [3.63, 3.8) is 0 Å². The van der Waals surface area contributed by atoms with Gasteiger partial charge in [-0.25, -0.2) is 15.8 Å². The van der Waals surface area contributed by atoms with Crippen LogP contribution in [0.5, 0.6) is 0 Å². The van der Waals surface area contributed by atoms with Gasteiger partial charge in [-0.2, -0.15) is 0 Å². The van der Waals surface area contributed by atoms with E-state index in [1.165, 1.54) is 6.33 Å². The highest BCUT2D eigenvalue weighted by Gasteiger charge is 2.48. The summed E-state index contributed by atoms with van der Waals surface area (Å²) in [5.41, 5.74) is 3.60. The summed E-state index contributed by atoms with van der Waals surface area (Å²) in [4.78, 5) is 8.33. The van der Waals surface area contributed by atoms with Gasteiger partial charge in [-0.3, -0.25) is 0 Å². The summed E-state index contributed by atoms with van der Waals surface area (Å²) >= 11 is 0. The minimum atomic E-state index is 0.0996. The van der Waals surface area contributed by atoms with Gasteiger partial charge in [-0.15, -0.1) is 0 Å². The van der Waals surface area contributed by atoms with E-state index in [9.17, 15) is 0 Å². The third-order valence-corrected chi connectivity index (χ3v) is 3.99. The number of nitrogens with one attached hydrogen (secondary N) is 2. The Labute approximate surface area is 107 Å². The van der Waals surface area contributed by atoms with E-state index in [0.29, 0.717) is 18.0 Å². The summed E-state index contributed by atoms with van der Waals surface area (Å²) in [6, 6.07) is 0.349. The van der Waals surface area contributed by atoms with Crippen molar-refractivity contribution in [2.75, 3.05) is 17.9 Å². The molecule has 0 bridgehead atoms. The van der Waals surface area contributed by atoms with Crippen molar-refractivity contribution in [1.82, 2.24) is 9.97 Å². The average molecular weight is 251 g/mol. The van der Waals surface area contributed by atoms with Crippen LogP contribution in [-0.2, 0) is 4.74 Å². The molecular formula is C12H21N5O. The first-order valence-corrected chi connectivity index (χ1v) is 6.08. The van der Waals surface area contributed by atoms with Crippen LogP contribution in [0, 0.1) is 12.3 Å². The molecule has 2 unspecified atom stereocenters. The number of hydrazine groups is 1. The topological polar surface area (TPSA) is 85.1 Å². The second-order valence-corrected chi connectivity index (χ2v) is 5.32. The number of hydrogen-bond donors (Lipinski definition) is 3. The van der Waals surface area contributed by atoms with Crippen molar-refractivity contribution in [3.05, 3.63) is 11.9 Å². The fourth-order valence-corrected chi connectivity index (χ4v) is 2.44. The van der Waals surface area contributed by atoms with E-state index >= 15 is 0 Å². The fourth-order valence-electron chi connectivity index (χ4n) is 2.44. The SMILES string of the molecule is COC1CC(Nc2ncnc(NN)c2C)C1(C)C. The molecule has 0 spiro atoms. The molecule has 0 aliphatic heterocycles. The maximum Gasteiger partial charge on any atom is 0.148 e. The zero-order valence-corrected chi connectivity index (χ0v) is 11.3. The molecule has 6 nitrogen and oxygen atoms in total. The number of anilines is 2. The highest BCUT2D eigenvalue weighted by atomic mass is 16.5. The summed E-state index contributed by atoms with van der Waals surface area (Å²) in [6.07, 6.45) is 2.78. The van der Waals surface area contributed by atoms with Crippen LogP contribution in [-0.4, -0.2) is 29.2 Å². The van der Waals surface area contributed by atoms with Gasteiger partial charge in [0.1, 0.15) is 18.0 Å². The van der Waals surface area contributed by atoms with E-state index in [1.807, 2.05) is 6.92 Å².